The van der Waals surface area contributed by atoms with Crippen molar-refractivity contribution in [2.75, 3.05) is 21.7 Å². The summed E-state index contributed by atoms with van der Waals surface area (Å²) in [5.74, 6) is -1.30. The van der Waals surface area contributed by atoms with Gasteiger partial charge in [-0.05, 0) is 80.8 Å². The van der Waals surface area contributed by atoms with Crippen molar-refractivity contribution in [2.24, 2.45) is 0 Å². The van der Waals surface area contributed by atoms with Gasteiger partial charge in [0, 0.05) is 23.5 Å². The molecule has 0 saturated heterocycles. The molecule has 6 nitrogen and oxygen atoms in total. The normalized spacial score (nSPS) is 13.5. The standard InChI is InChI=1S/C28H26ClN3O3/c1-5-31(22-11-6-8-17(2)14-22)26(33)20-9-7-10-21(16-20)30-25-24(29)27(34)32(28(25)35)23-15-18(3)12-13-19(23)4/h6-16,30H,5H2,1-4H3. The summed E-state index contributed by atoms with van der Waals surface area (Å²) in [6, 6.07) is 20.1. The summed E-state index contributed by atoms with van der Waals surface area (Å²) in [5, 5.41) is 2.78. The van der Waals surface area contributed by atoms with Crippen LogP contribution in [0.5, 0.6) is 0 Å². The molecular formula is C28H26ClN3O3. The minimum Gasteiger partial charge on any atom is -0.350 e. The Hall–Kier alpha value is -3.90. The average Bonchev–Trinajstić information content (AvgIpc) is 3.04. The maximum absolute atomic E-state index is 13.3. The van der Waals surface area contributed by atoms with Crippen molar-refractivity contribution < 1.29 is 14.4 Å². The molecular weight excluding hydrogens is 462 g/mol. The van der Waals surface area contributed by atoms with E-state index in [2.05, 4.69) is 5.32 Å². The Kier molecular flexibility index (Phi) is 6.76. The number of carbonyl (C=O) groups excluding carboxylic acids is 3. The zero-order chi connectivity index (χ0) is 25.3. The average molecular weight is 488 g/mol. The van der Waals surface area contributed by atoms with Crippen LogP contribution >= 0.6 is 11.6 Å². The maximum Gasteiger partial charge on any atom is 0.283 e. The van der Waals surface area contributed by atoms with Gasteiger partial charge in [0.1, 0.15) is 10.7 Å². The topological polar surface area (TPSA) is 69.7 Å². The number of benzene rings is 3. The molecule has 178 valence electrons. The van der Waals surface area contributed by atoms with Crippen molar-refractivity contribution in [1.82, 2.24) is 0 Å². The molecule has 0 fully saturated rings. The highest BCUT2D eigenvalue weighted by atomic mass is 35.5. The van der Waals surface area contributed by atoms with Gasteiger partial charge in [0.25, 0.3) is 17.7 Å². The Balaban J connectivity index is 1.61. The van der Waals surface area contributed by atoms with Crippen molar-refractivity contribution in [3.63, 3.8) is 0 Å². The van der Waals surface area contributed by atoms with Gasteiger partial charge in [0.15, 0.2) is 0 Å². The van der Waals surface area contributed by atoms with Crippen molar-refractivity contribution in [3.05, 3.63) is 99.7 Å². The highest BCUT2D eigenvalue weighted by molar-refractivity contribution is 6.53. The summed E-state index contributed by atoms with van der Waals surface area (Å²) in [6.07, 6.45) is 0. The number of nitrogens with one attached hydrogen (secondary N) is 1. The van der Waals surface area contributed by atoms with Crippen LogP contribution in [0, 0.1) is 20.8 Å². The molecule has 1 aliphatic rings. The Morgan fingerprint density at radius 3 is 2.34 bits per heavy atom. The quantitative estimate of drug-likeness (QED) is 0.452. The van der Waals surface area contributed by atoms with E-state index in [1.54, 1.807) is 35.2 Å². The lowest BCUT2D eigenvalue weighted by atomic mass is 10.1. The van der Waals surface area contributed by atoms with Gasteiger partial charge in [0.2, 0.25) is 0 Å². The van der Waals surface area contributed by atoms with Gasteiger partial charge >= 0.3 is 0 Å². The van der Waals surface area contributed by atoms with Crippen molar-refractivity contribution in [1.29, 1.82) is 0 Å². The number of imide groups is 1. The minimum atomic E-state index is -0.586. The van der Waals surface area contributed by atoms with Crippen LogP contribution in [0.1, 0.15) is 34.0 Å². The third-order valence-corrected chi connectivity index (χ3v) is 6.24. The third-order valence-electron chi connectivity index (χ3n) is 5.89. The molecule has 3 aromatic rings. The largest absolute Gasteiger partial charge is 0.350 e. The Morgan fingerprint density at radius 1 is 0.914 bits per heavy atom. The number of aryl methyl sites for hydroxylation is 3. The Morgan fingerprint density at radius 2 is 1.63 bits per heavy atom. The van der Waals surface area contributed by atoms with E-state index in [-0.39, 0.29) is 16.6 Å². The second-order valence-corrected chi connectivity index (χ2v) is 8.90. The molecule has 7 heteroatoms. The lowest BCUT2D eigenvalue weighted by molar-refractivity contribution is -0.120. The molecule has 1 heterocycles. The molecule has 0 radical (unpaired) electrons. The fourth-order valence-corrected chi connectivity index (χ4v) is 4.27. The van der Waals surface area contributed by atoms with E-state index in [0.29, 0.717) is 23.5 Å². The van der Waals surface area contributed by atoms with E-state index in [1.165, 1.54) is 0 Å². The summed E-state index contributed by atoms with van der Waals surface area (Å²) in [7, 11) is 0. The first kappa shape index (κ1) is 24.2. The Labute approximate surface area is 209 Å². The van der Waals surface area contributed by atoms with Crippen molar-refractivity contribution in [2.45, 2.75) is 27.7 Å². The molecule has 1 aliphatic heterocycles. The van der Waals surface area contributed by atoms with E-state index >= 15 is 0 Å². The SMILES string of the molecule is CCN(C(=O)c1cccc(NC2=C(Cl)C(=O)N(c3cc(C)ccc3C)C2=O)c1)c1cccc(C)c1. The smallest absolute Gasteiger partial charge is 0.283 e. The van der Waals surface area contributed by atoms with Crippen LogP contribution in [0.4, 0.5) is 17.1 Å². The third kappa shape index (κ3) is 4.70. The number of hydrogen-bond acceptors (Lipinski definition) is 4. The van der Waals surface area contributed by atoms with E-state index in [9.17, 15) is 14.4 Å². The fourth-order valence-electron chi connectivity index (χ4n) is 4.06. The van der Waals surface area contributed by atoms with Crippen LogP contribution < -0.4 is 15.1 Å². The fraction of sp³-hybridized carbons (Fsp3) is 0.179. The molecule has 1 N–H and O–H groups in total. The molecule has 0 bridgehead atoms. The maximum atomic E-state index is 13.3. The predicted octanol–water partition coefficient (Wildman–Crippen LogP) is 5.71. The first-order valence-electron chi connectivity index (χ1n) is 11.3. The summed E-state index contributed by atoms with van der Waals surface area (Å²) in [4.78, 5) is 42.2. The van der Waals surface area contributed by atoms with Crippen LogP contribution in [-0.4, -0.2) is 24.3 Å². The second-order valence-electron chi connectivity index (χ2n) is 8.52. The highest BCUT2D eigenvalue weighted by Crippen LogP contribution is 2.32. The lowest BCUT2D eigenvalue weighted by Gasteiger charge is -2.22. The molecule has 0 aliphatic carbocycles. The van der Waals surface area contributed by atoms with Gasteiger partial charge in [-0.15, -0.1) is 0 Å². The van der Waals surface area contributed by atoms with E-state index in [4.69, 9.17) is 11.6 Å². The number of rotatable bonds is 6. The number of nitrogens with zero attached hydrogens (tertiary/aromatic N) is 2. The van der Waals surface area contributed by atoms with Crippen LogP contribution in [0.2, 0.25) is 0 Å². The van der Waals surface area contributed by atoms with Crippen molar-refractivity contribution >= 4 is 46.4 Å². The van der Waals surface area contributed by atoms with Crippen molar-refractivity contribution in [3.8, 4) is 0 Å². The number of amides is 3. The second kappa shape index (κ2) is 9.76. The zero-order valence-corrected chi connectivity index (χ0v) is 20.8. The number of halogens is 1. The summed E-state index contributed by atoms with van der Waals surface area (Å²) in [5.41, 5.74) is 4.97. The minimum absolute atomic E-state index is 0.0202. The number of carbonyl (C=O) groups is 3. The first-order valence-corrected chi connectivity index (χ1v) is 11.7. The summed E-state index contributed by atoms with van der Waals surface area (Å²) < 4.78 is 0. The molecule has 3 amide bonds. The summed E-state index contributed by atoms with van der Waals surface area (Å²) >= 11 is 6.31. The van der Waals surface area contributed by atoms with E-state index < -0.39 is 11.8 Å². The molecule has 35 heavy (non-hydrogen) atoms. The van der Waals surface area contributed by atoms with Crippen LogP contribution in [0.3, 0.4) is 0 Å². The highest BCUT2D eigenvalue weighted by Gasteiger charge is 2.39. The molecule has 0 aromatic heterocycles. The van der Waals surface area contributed by atoms with Gasteiger partial charge in [-0.2, -0.15) is 0 Å². The molecule has 3 aromatic carbocycles. The van der Waals surface area contributed by atoms with Crippen LogP contribution in [-0.2, 0) is 9.59 Å². The van der Waals surface area contributed by atoms with E-state index in [1.807, 2.05) is 64.1 Å². The van der Waals surface area contributed by atoms with Crippen LogP contribution in [0.15, 0.2) is 77.5 Å². The van der Waals surface area contributed by atoms with Crippen LogP contribution in [0.25, 0.3) is 0 Å². The zero-order valence-electron chi connectivity index (χ0n) is 20.1. The molecule has 0 atom stereocenters. The van der Waals surface area contributed by atoms with E-state index in [0.717, 1.165) is 27.3 Å². The monoisotopic (exact) mass is 487 g/mol. The molecule has 0 unspecified atom stereocenters. The lowest BCUT2D eigenvalue weighted by Crippen LogP contribution is -2.33. The van der Waals surface area contributed by atoms with Gasteiger partial charge in [-0.25, -0.2) is 4.90 Å². The van der Waals surface area contributed by atoms with Gasteiger partial charge < -0.3 is 10.2 Å². The van der Waals surface area contributed by atoms with Gasteiger partial charge in [-0.3, -0.25) is 14.4 Å². The summed E-state index contributed by atoms with van der Waals surface area (Å²) in [6.45, 7) is 8.11. The molecule has 4 rings (SSSR count). The molecule has 0 spiro atoms. The number of hydrogen-bond donors (Lipinski definition) is 1. The first-order chi connectivity index (χ1) is 16.7. The van der Waals surface area contributed by atoms with Gasteiger partial charge in [0.05, 0.1) is 5.69 Å². The predicted molar refractivity (Wildman–Crippen MR) is 140 cm³/mol. The van der Waals surface area contributed by atoms with Gasteiger partial charge in [-0.1, -0.05) is 41.9 Å². The Bertz CT molecular complexity index is 1380. The number of anilines is 3. The molecule has 0 saturated carbocycles.